The van der Waals surface area contributed by atoms with E-state index in [4.69, 9.17) is 0 Å². The quantitative estimate of drug-likeness (QED) is 0.392. The lowest BCUT2D eigenvalue weighted by Crippen LogP contribution is -2.35. The van der Waals surface area contributed by atoms with Gasteiger partial charge in [-0.05, 0) is 34.4 Å². The lowest BCUT2D eigenvalue weighted by atomic mass is 9.98. The first-order valence-corrected chi connectivity index (χ1v) is 10.9. The summed E-state index contributed by atoms with van der Waals surface area (Å²) in [6.45, 7) is 1.43. The van der Waals surface area contributed by atoms with E-state index in [-0.39, 0.29) is 11.8 Å². The molecule has 0 aliphatic carbocycles. The molecule has 0 radical (unpaired) electrons. The number of amides is 2. The second-order valence-corrected chi connectivity index (χ2v) is 7.71. The summed E-state index contributed by atoms with van der Waals surface area (Å²) in [6.07, 6.45) is 4.02. The standard InChI is InChI=1S/C27H26N4O2/c32-26(19-21-7-2-1-3-8-21)28-16-17-29-27(33)25-10-5-4-9-24(25)23-13-11-22(12-14-23)20-31-18-6-15-30-31/h1-15,18H,16-17,19-20H2,(H,28,32)(H,29,33). The molecule has 2 amide bonds. The molecule has 166 valence electrons. The van der Waals surface area contributed by atoms with E-state index >= 15 is 0 Å². The average Bonchev–Trinajstić information content (AvgIpc) is 3.36. The van der Waals surface area contributed by atoms with Gasteiger partial charge in [-0.2, -0.15) is 5.10 Å². The summed E-state index contributed by atoms with van der Waals surface area (Å²) in [5.74, 6) is -0.227. The van der Waals surface area contributed by atoms with Crippen LogP contribution in [0.1, 0.15) is 21.5 Å². The zero-order valence-electron chi connectivity index (χ0n) is 18.3. The minimum Gasteiger partial charge on any atom is -0.354 e. The van der Waals surface area contributed by atoms with E-state index in [9.17, 15) is 9.59 Å². The van der Waals surface area contributed by atoms with Crippen LogP contribution in [0.2, 0.25) is 0 Å². The molecule has 0 bridgehead atoms. The van der Waals surface area contributed by atoms with E-state index in [0.29, 0.717) is 31.6 Å². The van der Waals surface area contributed by atoms with Crippen LogP contribution in [-0.2, 0) is 17.8 Å². The largest absolute Gasteiger partial charge is 0.354 e. The van der Waals surface area contributed by atoms with Crippen molar-refractivity contribution in [3.8, 4) is 11.1 Å². The molecule has 2 N–H and O–H groups in total. The molecule has 4 rings (SSSR count). The van der Waals surface area contributed by atoms with Gasteiger partial charge >= 0.3 is 0 Å². The zero-order valence-corrected chi connectivity index (χ0v) is 18.3. The molecule has 3 aromatic carbocycles. The molecular formula is C27H26N4O2. The van der Waals surface area contributed by atoms with Crippen LogP contribution in [0.25, 0.3) is 11.1 Å². The first-order valence-electron chi connectivity index (χ1n) is 10.9. The molecule has 0 atom stereocenters. The number of hydrogen-bond donors (Lipinski definition) is 2. The number of nitrogens with zero attached hydrogens (tertiary/aromatic N) is 2. The molecule has 0 saturated heterocycles. The van der Waals surface area contributed by atoms with Crippen molar-refractivity contribution in [2.45, 2.75) is 13.0 Å². The maximum Gasteiger partial charge on any atom is 0.251 e. The van der Waals surface area contributed by atoms with Crippen molar-refractivity contribution in [2.24, 2.45) is 0 Å². The summed E-state index contributed by atoms with van der Waals surface area (Å²) in [4.78, 5) is 24.9. The molecule has 0 aliphatic rings. The minimum absolute atomic E-state index is 0.0638. The van der Waals surface area contributed by atoms with Crippen molar-refractivity contribution in [3.63, 3.8) is 0 Å². The van der Waals surface area contributed by atoms with Gasteiger partial charge in [0.05, 0.1) is 13.0 Å². The van der Waals surface area contributed by atoms with Crippen LogP contribution in [0, 0.1) is 0 Å². The third-order valence-corrected chi connectivity index (χ3v) is 5.28. The van der Waals surface area contributed by atoms with Gasteiger partial charge in [-0.1, -0.05) is 72.8 Å². The highest BCUT2D eigenvalue weighted by Gasteiger charge is 2.12. The van der Waals surface area contributed by atoms with E-state index in [2.05, 4.69) is 15.7 Å². The van der Waals surface area contributed by atoms with Crippen LogP contribution >= 0.6 is 0 Å². The number of benzene rings is 3. The highest BCUT2D eigenvalue weighted by atomic mass is 16.2. The van der Waals surface area contributed by atoms with E-state index in [1.54, 1.807) is 6.20 Å². The van der Waals surface area contributed by atoms with Crippen LogP contribution in [0.15, 0.2) is 97.3 Å². The maximum absolute atomic E-state index is 12.8. The van der Waals surface area contributed by atoms with Crippen molar-refractivity contribution in [1.82, 2.24) is 20.4 Å². The fourth-order valence-electron chi connectivity index (χ4n) is 3.62. The van der Waals surface area contributed by atoms with Gasteiger partial charge in [0.2, 0.25) is 5.91 Å². The molecule has 6 nitrogen and oxygen atoms in total. The van der Waals surface area contributed by atoms with E-state index in [1.165, 1.54) is 0 Å². The molecule has 1 aromatic heterocycles. The Morgan fingerprint density at radius 1 is 0.758 bits per heavy atom. The van der Waals surface area contributed by atoms with E-state index in [1.807, 2.05) is 95.8 Å². The molecule has 0 aliphatic heterocycles. The number of rotatable bonds is 9. The maximum atomic E-state index is 12.8. The van der Waals surface area contributed by atoms with Gasteiger partial charge in [-0.15, -0.1) is 0 Å². The van der Waals surface area contributed by atoms with E-state index < -0.39 is 0 Å². The Balaban J connectivity index is 1.32. The van der Waals surface area contributed by atoms with Crippen LogP contribution < -0.4 is 10.6 Å². The van der Waals surface area contributed by atoms with Gasteiger partial charge in [0, 0.05) is 31.0 Å². The van der Waals surface area contributed by atoms with Crippen LogP contribution in [0.4, 0.5) is 0 Å². The fraction of sp³-hybridized carbons (Fsp3) is 0.148. The Kier molecular flexibility index (Phi) is 7.28. The fourth-order valence-corrected chi connectivity index (χ4v) is 3.62. The Bertz CT molecular complexity index is 1190. The molecule has 6 heteroatoms. The van der Waals surface area contributed by atoms with Crippen molar-refractivity contribution >= 4 is 11.8 Å². The Morgan fingerprint density at radius 2 is 1.48 bits per heavy atom. The van der Waals surface area contributed by atoms with Gasteiger partial charge in [-0.25, -0.2) is 0 Å². The van der Waals surface area contributed by atoms with Crippen molar-refractivity contribution in [2.75, 3.05) is 13.1 Å². The Hall–Kier alpha value is -4.19. The molecule has 4 aromatic rings. The third-order valence-electron chi connectivity index (χ3n) is 5.28. The van der Waals surface area contributed by atoms with Crippen molar-refractivity contribution < 1.29 is 9.59 Å². The molecule has 1 heterocycles. The number of carbonyl (C=O) groups excluding carboxylic acids is 2. The summed E-state index contributed by atoms with van der Waals surface area (Å²) in [5.41, 5.74) is 4.54. The molecule has 0 spiro atoms. The SMILES string of the molecule is O=C(Cc1ccccc1)NCCNC(=O)c1ccccc1-c1ccc(Cn2cccn2)cc1. The van der Waals surface area contributed by atoms with Gasteiger partial charge < -0.3 is 10.6 Å². The second-order valence-electron chi connectivity index (χ2n) is 7.71. The lowest BCUT2D eigenvalue weighted by Gasteiger charge is -2.12. The predicted octanol–water partition coefficient (Wildman–Crippen LogP) is 3.69. The summed E-state index contributed by atoms with van der Waals surface area (Å²) in [6, 6.07) is 27.2. The normalized spacial score (nSPS) is 10.5. The first kappa shape index (κ1) is 22.0. The summed E-state index contributed by atoms with van der Waals surface area (Å²) < 4.78 is 1.87. The highest BCUT2D eigenvalue weighted by Crippen LogP contribution is 2.24. The van der Waals surface area contributed by atoms with Crippen LogP contribution in [0.3, 0.4) is 0 Å². The monoisotopic (exact) mass is 438 g/mol. The molecule has 0 unspecified atom stereocenters. The minimum atomic E-state index is -0.163. The summed E-state index contributed by atoms with van der Waals surface area (Å²) in [5, 5.41) is 9.99. The average molecular weight is 439 g/mol. The number of aromatic nitrogens is 2. The van der Waals surface area contributed by atoms with Gasteiger partial charge in [0.15, 0.2) is 0 Å². The molecule has 0 saturated carbocycles. The number of carbonyl (C=O) groups is 2. The molecular weight excluding hydrogens is 412 g/mol. The van der Waals surface area contributed by atoms with Crippen LogP contribution in [-0.4, -0.2) is 34.7 Å². The Labute approximate surface area is 193 Å². The first-order chi connectivity index (χ1) is 16.2. The lowest BCUT2D eigenvalue weighted by molar-refractivity contribution is -0.120. The zero-order chi connectivity index (χ0) is 22.9. The predicted molar refractivity (Wildman–Crippen MR) is 129 cm³/mol. The number of hydrogen-bond acceptors (Lipinski definition) is 3. The van der Waals surface area contributed by atoms with Gasteiger partial charge in [0.25, 0.3) is 5.91 Å². The van der Waals surface area contributed by atoms with Gasteiger partial charge in [-0.3, -0.25) is 14.3 Å². The second kappa shape index (κ2) is 10.9. The molecule has 33 heavy (non-hydrogen) atoms. The summed E-state index contributed by atoms with van der Waals surface area (Å²) in [7, 11) is 0. The topological polar surface area (TPSA) is 76.0 Å². The van der Waals surface area contributed by atoms with Crippen LogP contribution in [0.5, 0.6) is 0 Å². The van der Waals surface area contributed by atoms with Gasteiger partial charge in [0.1, 0.15) is 0 Å². The highest BCUT2D eigenvalue weighted by molar-refractivity contribution is 6.00. The van der Waals surface area contributed by atoms with E-state index in [0.717, 1.165) is 22.3 Å². The smallest absolute Gasteiger partial charge is 0.251 e. The van der Waals surface area contributed by atoms with Crippen molar-refractivity contribution in [1.29, 1.82) is 0 Å². The number of nitrogens with one attached hydrogen (secondary N) is 2. The third kappa shape index (κ3) is 6.17. The Morgan fingerprint density at radius 3 is 2.24 bits per heavy atom. The summed E-state index contributed by atoms with van der Waals surface area (Å²) >= 11 is 0. The van der Waals surface area contributed by atoms with Crippen molar-refractivity contribution in [3.05, 3.63) is 114 Å². The molecule has 0 fully saturated rings.